The molecule has 0 radical (unpaired) electrons. The molecule has 2 aromatic heterocycles. The standard InChI is InChI=1S/C24H29N3O3/c1-18-15-22(19(2)27(18)17-21-9-6-12-30-21)24(28)25-16-23(20-7-4-3-5-8-20)26-10-13-29-14-11-26/h3-9,12,15,23H,10-11,13-14,16-17H2,1-2H3,(H,25,28)/t23-/m1/s1. The first-order chi connectivity index (χ1) is 14.6. The summed E-state index contributed by atoms with van der Waals surface area (Å²) in [7, 11) is 0. The van der Waals surface area contributed by atoms with E-state index >= 15 is 0 Å². The second-order valence-electron chi connectivity index (χ2n) is 7.74. The highest BCUT2D eigenvalue weighted by Crippen LogP contribution is 2.22. The molecular weight excluding hydrogens is 378 g/mol. The molecule has 6 heteroatoms. The van der Waals surface area contributed by atoms with Crippen LogP contribution in [0.2, 0.25) is 0 Å². The molecule has 6 nitrogen and oxygen atoms in total. The first kappa shape index (κ1) is 20.4. The van der Waals surface area contributed by atoms with Crippen molar-refractivity contribution in [2.75, 3.05) is 32.8 Å². The maximum absolute atomic E-state index is 13.1. The monoisotopic (exact) mass is 407 g/mol. The minimum absolute atomic E-state index is 0.0389. The van der Waals surface area contributed by atoms with Gasteiger partial charge in [-0.15, -0.1) is 0 Å². The Labute approximate surface area is 177 Å². The number of carbonyl (C=O) groups excluding carboxylic acids is 1. The van der Waals surface area contributed by atoms with Gasteiger partial charge < -0.3 is 19.0 Å². The Morgan fingerprint density at radius 3 is 2.57 bits per heavy atom. The molecule has 0 spiro atoms. The van der Waals surface area contributed by atoms with Crippen LogP contribution in [0.25, 0.3) is 0 Å². The highest BCUT2D eigenvalue weighted by atomic mass is 16.5. The lowest BCUT2D eigenvalue weighted by Gasteiger charge is -2.35. The van der Waals surface area contributed by atoms with Crippen molar-refractivity contribution in [2.45, 2.75) is 26.4 Å². The Kier molecular flexibility index (Phi) is 6.35. The van der Waals surface area contributed by atoms with Gasteiger partial charge in [-0.25, -0.2) is 0 Å². The first-order valence-corrected chi connectivity index (χ1v) is 10.5. The Hall–Kier alpha value is -2.83. The molecule has 3 heterocycles. The molecule has 0 bridgehead atoms. The fourth-order valence-electron chi connectivity index (χ4n) is 4.14. The van der Waals surface area contributed by atoms with Gasteiger partial charge in [0.15, 0.2) is 0 Å². The maximum atomic E-state index is 13.1. The number of benzene rings is 1. The maximum Gasteiger partial charge on any atom is 0.253 e. The molecule has 4 rings (SSSR count). The molecule has 1 aliphatic heterocycles. The van der Waals surface area contributed by atoms with E-state index in [1.54, 1.807) is 6.26 Å². The number of furan rings is 1. The van der Waals surface area contributed by atoms with Crippen molar-refractivity contribution in [3.05, 3.63) is 83.1 Å². The van der Waals surface area contributed by atoms with Gasteiger partial charge in [-0.1, -0.05) is 30.3 Å². The number of nitrogens with zero attached hydrogens (tertiary/aromatic N) is 2. The number of carbonyl (C=O) groups is 1. The van der Waals surface area contributed by atoms with Crippen LogP contribution in [0.3, 0.4) is 0 Å². The minimum Gasteiger partial charge on any atom is -0.467 e. The van der Waals surface area contributed by atoms with Gasteiger partial charge >= 0.3 is 0 Å². The van der Waals surface area contributed by atoms with Gasteiger partial charge in [0.25, 0.3) is 5.91 Å². The van der Waals surface area contributed by atoms with Crippen LogP contribution in [-0.4, -0.2) is 48.2 Å². The quantitative estimate of drug-likeness (QED) is 0.651. The summed E-state index contributed by atoms with van der Waals surface area (Å²) in [6.07, 6.45) is 1.67. The minimum atomic E-state index is -0.0389. The molecule has 0 saturated carbocycles. The van der Waals surface area contributed by atoms with Gasteiger partial charge in [0, 0.05) is 31.0 Å². The van der Waals surface area contributed by atoms with Crippen LogP contribution < -0.4 is 5.32 Å². The second-order valence-corrected chi connectivity index (χ2v) is 7.74. The molecule has 0 unspecified atom stereocenters. The Morgan fingerprint density at radius 2 is 1.87 bits per heavy atom. The number of aryl methyl sites for hydroxylation is 1. The predicted octanol–water partition coefficient (Wildman–Crippen LogP) is 3.55. The van der Waals surface area contributed by atoms with E-state index in [1.165, 1.54) is 5.56 Å². The molecule has 1 fully saturated rings. The number of ether oxygens (including phenoxy) is 1. The van der Waals surface area contributed by atoms with E-state index in [0.717, 1.165) is 43.5 Å². The van der Waals surface area contributed by atoms with Crippen LogP contribution in [0.5, 0.6) is 0 Å². The van der Waals surface area contributed by atoms with Crippen molar-refractivity contribution in [3.63, 3.8) is 0 Å². The largest absolute Gasteiger partial charge is 0.467 e. The van der Waals surface area contributed by atoms with E-state index < -0.39 is 0 Å². The lowest BCUT2D eigenvalue weighted by molar-refractivity contribution is 0.0162. The predicted molar refractivity (Wildman–Crippen MR) is 116 cm³/mol. The van der Waals surface area contributed by atoms with Crippen molar-refractivity contribution in [2.24, 2.45) is 0 Å². The van der Waals surface area contributed by atoms with Gasteiger partial charge in [0.2, 0.25) is 0 Å². The van der Waals surface area contributed by atoms with Crippen LogP contribution in [0.4, 0.5) is 0 Å². The average molecular weight is 408 g/mol. The summed E-state index contributed by atoms with van der Waals surface area (Å²) < 4.78 is 13.1. The molecular formula is C24H29N3O3. The van der Waals surface area contributed by atoms with Crippen molar-refractivity contribution in [3.8, 4) is 0 Å². The Balaban J connectivity index is 1.48. The topological polar surface area (TPSA) is 59.6 Å². The van der Waals surface area contributed by atoms with E-state index in [-0.39, 0.29) is 11.9 Å². The second kappa shape index (κ2) is 9.32. The van der Waals surface area contributed by atoms with Gasteiger partial charge in [0.1, 0.15) is 5.76 Å². The third kappa shape index (κ3) is 4.50. The van der Waals surface area contributed by atoms with Crippen molar-refractivity contribution in [1.29, 1.82) is 0 Å². The zero-order valence-corrected chi connectivity index (χ0v) is 17.6. The van der Waals surface area contributed by atoms with E-state index in [0.29, 0.717) is 18.7 Å². The normalized spacial score (nSPS) is 15.8. The van der Waals surface area contributed by atoms with Crippen LogP contribution in [0.1, 0.15) is 39.1 Å². The molecule has 1 aliphatic rings. The fourth-order valence-corrected chi connectivity index (χ4v) is 4.14. The van der Waals surface area contributed by atoms with E-state index in [1.807, 2.05) is 50.2 Å². The summed E-state index contributed by atoms with van der Waals surface area (Å²) in [5, 5.41) is 3.18. The van der Waals surface area contributed by atoms with Gasteiger partial charge in [-0.3, -0.25) is 9.69 Å². The van der Waals surface area contributed by atoms with Crippen molar-refractivity contribution < 1.29 is 13.9 Å². The van der Waals surface area contributed by atoms with Gasteiger partial charge in [-0.05, 0) is 37.6 Å². The lowest BCUT2D eigenvalue weighted by Crippen LogP contribution is -2.43. The highest BCUT2D eigenvalue weighted by Gasteiger charge is 2.24. The average Bonchev–Trinajstić information content (AvgIpc) is 3.39. The van der Waals surface area contributed by atoms with Gasteiger partial charge in [-0.2, -0.15) is 0 Å². The smallest absolute Gasteiger partial charge is 0.253 e. The summed E-state index contributed by atoms with van der Waals surface area (Å²) >= 11 is 0. The fraction of sp³-hybridized carbons (Fsp3) is 0.375. The molecule has 158 valence electrons. The molecule has 1 atom stereocenters. The van der Waals surface area contributed by atoms with Crippen LogP contribution in [0, 0.1) is 13.8 Å². The van der Waals surface area contributed by atoms with Crippen LogP contribution >= 0.6 is 0 Å². The Bertz CT molecular complexity index is 957. The molecule has 3 aromatic rings. The molecule has 1 saturated heterocycles. The molecule has 0 aliphatic carbocycles. The molecule has 1 aromatic carbocycles. The summed E-state index contributed by atoms with van der Waals surface area (Å²) in [6.45, 7) is 8.38. The van der Waals surface area contributed by atoms with Gasteiger partial charge in [0.05, 0.1) is 37.6 Å². The number of hydrogen-bond donors (Lipinski definition) is 1. The SMILES string of the molecule is Cc1cc(C(=O)NC[C@H](c2ccccc2)N2CCOCC2)c(C)n1Cc1ccco1. The molecule has 1 amide bonds. The van der Waals surface area contributed by atoms with Crippen molar-refractivity contribution in [1.82, 2.24) is 14.8 Å². The number of aromatic nitrogens is 1. The number of amides is 1. The summed E-state index contributed by atoms with van der Waals surface area (Å²) in [6, 6.07) is 16.3. The van der Waals surface area contributed by atoms with Crippen LogP contribution in [0.15, 0.2) is 59.2 Å². The third-order valence-corrected chi connectivity index (χ3v) is 5.84. The summed E-state index contributed by atoms with van der Waals surface area (Å²) in [5.41, 5.74) is 3.92. The third-order valence-electron chi connectivity index (χ3n) is 5.84. The Morgan fingerprint density at radius 1 is 1.10 bits per heavy atom. The molecule has 30 heavy (non-hydrogen) atoms. The van der Waals surface area contributed by atoms with Crippen molar-refractivity contribution >= 4 is 5.91 Å². The highest BCUT2D eigenvalue weighted by molar-refractivity contribution is 5.95. The number of morpholine rings is 1. The first-order valence-electron chi connectivity index (χ1n) is 10.5. The zero-order valence-electron chi connectivity index (χ0n) is 17.6. The number of nitrogens with one attached hydrogen (secondary N) is 1. The zero-order chi connectivity index (χ0) is 20.9. The molecule has 1 N–H and O–H groups in total. The summed E-state index contributed by atoms with van der Waals surface area (Å²) in [5.74, 6) is 0.836. The number of rotatable bonds is 7. The van der Waals surface area contributed by atoms with E-state index in [2.05, 4.69) is 26.9 Å². The van der Waals surface area contributed by atoms with Crippen LogP contribution in [-0.2, 0) is 11.3 Å². The van der Waals surface area contributed by atoms with E-state index in [4.69, 9.17) is 9.15 Å². The lowest BCUT2D eigenvalue weighted by atomic mass is 10.0. The van der Waals surface area contributed by atoms with E-state index in [9.17, 15) is 4.79 Å². The summed E-state index contributed by atoms with van der Waals surface area (Å²) in [4.78, 5) is 15.4. The number of hydrogen-bond acceptors (Lipinski definition) is 4.